The van der Waals surface area contributed by atoms with Crippen LogP contribution in [0.4, 0.5) is 5.82 Å². The summed E-state index contributed by atoms with van der Waals surface area (Å²) in [5.41, 5.74) is 2.64. The van der Waals surface area contributed by atoms with Crippen molar-refractivity contribution in [1.29, 1.82) is 0 Å². The van der Waals surface area contributed by atoms with E-state index in [1.54, 1.807) is 29.6 Å². The number of anilines is 1. The number of hydrogen-bond donors (Lipinski definition) is 1. The monoisotopic (exact) mass is 351 g/mol. The highest BCUT2D eigenvalue weighted by atomic mass is 16.1. The van der Waals surface area contributed by atoms with Crippen molar-refractivity contribution in [2.45, 2.75) is 38.1 Å². The molecule has 5 rings (SSSR count). The van der Waals surface area contributed by atoms with E-state index in [4.69, 9.17) is 0 Å². The number of piperidine rings is 1. The lowest BCUT2D eigenvalue weighted by atomic mass is 9.96. The molecular formula is C18H21N7O. The Balaban J connectivity index is 1.26. The van der Waals surface area contributed by atoms with Crippen LogP contribution in [0.1, 0.15) is 37.3 Å². The van der Waals surface area contributed by atoms with Gasteiger partial charge in [-0.2, -0.15) is 0 Å². The third kappa shape index (κ3) is 2.85. The SMILES string of the molecule is O=c1cc(C2CC2)ncn1CC1CCN(c2ncnc3nc[nH]c23)CC1. The Bertz CT molecular complexity index is 982. The van der Waals surface area contributed by atoms with Crippen LogP contribution in [0.15, 0.2) is 29.8 Å². The average Bonchev–Trinajstić information content (AvgIpc) is 3.40. The van der Waals surface area contributed by atoms with E-state index in [0.29, 0.717) is 17.5 Å². The van der Waals surface area contributed by atoms with Crippen LogP contribution in [-0.2, 0) is 6.54 Å². The molecule has 0 unspecified atom stereocenters. The molecule has 8 nitrogen and oxygen atoms in total. The lowest BCUT2D eigenvalue weighted by Crippen LogP contribution is -2.37. The van der Waals surface area contributed by atoms with E-state index in [2.05, 4.69) is 29.8 Å². The van der Waals surface area contributed by atoms with E-state index in [-0.39, 0.29) is 5.56 Å². The number of fused-ring (bicyclic) bond motifs is 1. The molecule has 134 valence electrons. The van der Waals surface area contributed by atoms with Crippen LogP contribution in [0.3, 0.4) is 0 Å². The number of aromatic amines is 1. The Labute approximate surface area is 150 Å². The van der Waals surface area contributed by atoms with E-state index >= 15 is 0 Å². The summed E-state index contributed by atoms with van der Waals surface area (Å²) in [5, 5.41) is 0. The fourth-order valence-corrected chi connectivity index (χ4v) is 3.78. The van der Waals surface area contributed by atoms with Gasteiger partial charge in [-0.25, -0.2) is 19.9 Å². The van der Waals surface area contributed by atoms with Crippen LogP contribution < -0.4 is 10.5 Å². The largest absolute Gasteiger partial charge is 0.355 e. The minimum Gasteiger partial charge on any atom is -0.355 e. The Hall–Kier alpha value is -2.77. The van der Waals surface area contributed by atoms with Crippen molar-refractivity contribution in [3.63, 3.8) is 0 Å². The molecule has 4 heterocycles. The summed E-state index contributed by atoms with van der Waals surface area (Å²) in [7, 11) is 0. The number of hydrogen-bond acceptors (Lipinski definition) is 6. The molecule has 26 heavy (non-hydrogen) atoms. The van der Waals surface area contributed by atoms with Crippen molar-refractivity contribution in [2.75, 3.05) is 18.0 Å². The average molecular weight is 351 g/mol. The van der Waals surface area contributed by atoms with Crippen LogP contribution in [-0.4, -0.2) is 42.6 Å². The number of nitrogens with one attached hydrogen (secondary N) is 1. The molecule has 3 aromatic rings. The van der Waals surface area contributed by atoms with Crippen LogP contribution in [0.5, 0.6) is 0 Å². The number of imidazole rings is 1. The number of H-pyrrole nitrogens is 1. The Kier molecular flexibility index (Phi) is 3.69. The van der Waals surface area contributed by atoms with Crippen LogP contribution in [0, 0.1) is 5.92 Å². The zero-order chi connectivity index (χ0) is 17.5. The van der Waals surface area contributed by atoms with Gasteiger partial charge in [0.25, 0.3) is 5.56 Å². The fraction of sp³-hybridized carbons (Fsp3) is 0.500. The maximum absolute atomic E-state index is 12.3. The number of rotatable bonds is 4. The lowest BCUT2D eigenvalue weighted by Gasteiger charge is -2.33. The lowest BCUT2D eigenvalue weighted by molar-refractivity contribution is 0.350. The van der Waals surface area contributed by atoms with E-state index in [0.717, 1.165) is 49.5 Å². The first kappa shape index (κ1) is 15.5. The molecule has 8 heteroatoms. The molecule has 1 aliphatic heterocycles. The first-order valence-electron chi connectivity index (χ1n) is 9.23. The van der Waals surface area contributed by atoms with Gasteiger partial charge in [0.2, 0.25) is 0 Å². The standard InChI is InChI=1S/C18H21N7O/c26-15-7-14(13-1-2-13)23-11-25(15)8-12-3-5-24(6-4-12)18-16-17(20-9-19-16)21-10-22-18/h7,9-13H,1-6,8H2,(H,19,20,21,22). The quantitative estimate of drug-likeness (QED) is 0.769. The van der Waals surface area contributed by atoms with Gasteiger partial charge in [0, 0.05) is 31.6 Å². The second-order valence-electron chi connectivity index (χ2n) is 7.31. The number of aromatic nitrogens is 6. The molecule has 0 bridgehead atoms. The van der Waals surface area contributed by atoms with Gasteiger partial charge in [-0.05, 0) is 31.6 Å². The third-order valence-corrected chi connectivity index (χ3v) is 5.47. The first-order chi connectivity index (χ1) is 12.8. The fourth-order valence-electron chi connectivity index (χ4n) is 3.78. The first-order valence-corrected chi connectivity index (χ1v) is 9.23. The minimum absolute atomic E-state index is 0.0827. The molecule has 2 fully saturated rings. The molecule has 1 saturated heterocycles. The van der Waals surface area contributed by atoms with E-state index in [9.17, 15) is 4.79 Å². The zero-order valence-electron chi connectivity index (χ0n) is 14.5. The smallest absolute Gasteiger partial charge is 0.253 e. The van der Waals surface area contributed by atoms with Gasteiger partial charge in [0.1, 0.15) is 11.8 Å². The molecule has 0 amide bonds. The van der Waals surface area contributed by atoms with Crippen LogP contribution >= 0.6 is 0 Å². The Morgan fingerprint density at radius 3 is 2.69 bits per heavy atom. The maximum atomic E-state index is 12.3. The van der Waals surface area contributed by atoms with E-state index in [1.807, 2.05) is 0 Å². The van der Waals surface area contributed by atoms with Gasteiger partial charge in [-0.1, -0.05) is 0 Å². The molecule has 1 aliphatic carbocycles. The summed E-state index contributed by atoms with van der Waals surface area (Å²) < 4.78 is 1.77. The molecular weight excluding hydrogens is 330 g/mol. The summed E-state index contributed by atoms with van der Waals surface area (Å²) in [6, 6.07) is 1.72. The zero-order valence-corrected chi connectivity index (χ0v) is 14.5. The van der Waals surface area contributed by atoms with Gasteiger partial charge in [0.05, 0.1) is 18.3 Å². The van der Waals surface area contributed by atoms with Crippen LogP contribution in [0.25, 0.3) is 11.2 Å². The summed E-state index contributed by atoms with van der Waals surface area (Å²) in [5.74, 6) is 1.92. The van der Waals surface area contributed by atoms with E-state index in [1.165, 1.54) is 12.8 Å². The van der Waals surface area contributed by atoms with Crippen molar-refractivity contribution in [3.8, 4) is 0 Å². The van der Waals surface area contributed by atoms with Crippen molar-refractivity contribution in [3.05, 3.63) is 41.1 Å². The highest BCUT2D eigenvalue weighted by Gasteiger charge is 2.26. The Morgan fingerprint density at radius 1 is 1.08 bits per heavy atom. The molecule has 0 atom stereocenters. The normalized spacial score (nSPS) is 18.5. The predicted molar refractivity (Wildman–Crippen MR) is 97.1 cm³/mol. The number of nitrogens with zero attached hydrogens (tertiary/aromatic N) is 6. The maximum Gasteiger partial charge on any atom is 0.253 e. The summed E-state index contributed by atoms with van der Waals surface area (Å²) in [6.07, 6.45) is 9.34. The second-order valence-corrected chi connectivity index (χ2v) is 7.31. The highest BCUT2D eigenvalue weighted by molar-refractivity contribution is 5.82. The van der Waals surface area contributed by atoms with Crippen molar-refractivity contribution < 1.29 is 0 Å². The molecule has 0 radical (unpaired) electrons. The predicted octanol–water partition coefficient (Wildman–Crippen LogP) is 1.70. The minimum atomic E-state index is 0.0827. The molecule has 0 spiro atoms. The van der Waals surface area contributed by atoms with Gasteiger partial charge < -0.3 is 9.88 Å². The highest BCUT2D eigenvalue weighted by Crippen LogP contribution is 2.38. The molecule has 0 aromatic carbocycles. The second kappa shape index (κ2) is 6.19. The summed E-state index contributed by atoms with van der Waals surface area (Å²) in [4.78, 5) is 35.0. The van der Waals surface area contributed by atoms with Crippen molar-refractivity contribution >= 4 is 17.0 Å². The summed E-state index contributed by atoms with van der Waals surface area (Å²) in [6.45, 7) is 2.57. The Morgan fingerprint density at radius 2 is 1.92 bits per heavy atom. The van der Waals surface area contributed by atoms with Crippen molar-refractivity contribution in [2.24, 2.45) is 5.92 Å². The van der Waals surface area contributed by atoms with Gasteiger partial charge in [-0.3, -0.25) is 9.36 Å². The van der Waals surface area contributed by atoms with Gasteiger partial charge in [0.15, 0.2) is 11.5 Å². The van der Waals surface area contributed by atoms with Crippen LogP contribution in [0.2, 0.25) is 0 Å². The topological polar surface area (TPSA) is 92.6 Å². The van der Waals surface area contributed by atoms with Crippen molar-refractivity contribution in [1.82, 2.24) is 29.5 Å². The molecule has 1 N–H and O–H groups in total. The molecule has 1 saturated carbocycles. The summed E-state index contributed by atoms with van der Waals surface area (Å²) >= 11 is 0. The van der Waals surface area contributed by atoms with Gasteiger partial charge in [-0.15, -0.1) is 0 Å². The third-order valence-electron chi connectivity index (χ3n) is 5.47. The molecule has 2 aliphatic rings. The molecule has 3 aromatic heterocycles. The van der Waals surface area contributed by atoms with Gasteiger partial charge >= 0.3 is 0 Å². The van der Waals surface area contributed by atoms with E-state index < -0.39 is 0 Å².